The van der Waals surface area contributed by atoms with E-state index in [2.05, 4.69) is 14.7 Å². The third-order valence-electron chi connectivity index (χ3n) is 3.52. The van der Waals surface area contributed by atoms with Crippen LogP contribution >= 0.6 is 34.5 Å². The second-order valence-corrected chi connectivity index (χ2v) is 7.88. The summed E-state index contributed by atoms with van der Waals surface area (Å²) in [5.74, 6) is -0.115. The van der Waals surface area contributed by atoms with Gasteiger partial charge in [0.2, 0.25) is 5.13 Å². The molecule has 3 aromatic heterocycles. The zero-order valence-electron chi connectivity index (χ0n) is 13.3. The van der Waals surface area contributed by atoms with Crippen LogP contribution in [0.2, 0.25) is 5.02 Å². The van der Waals surface area contributed by atoms with Crippen molar-refractivity contribution in [2.45, 2.75) is 6.92 Å². The second kappa shape index (κ2) is 6.64. The number of carbonyl (C=O) groups excluding carboxylic acids is 1. The molecule has 0 unspecified atom stereocenters. The first-order valence-corrected chi connectivity index (χ1v) is 9.42. The van der Waals surface area contributed by atoms with Crippen LogP contribution in [0.1, 0.15) is 15.4 Å². The summed E-state index contributed by atoms with van der Waals surface area (Å²) in [5.41, 5.74) is -0.0509. The Morgan fingerprint density at radius 3 is 2.85 bits per heavy atom. The molecular formula is C17H10ClN3O3S2. The first kappa shape index (κ1) is 16.9. The van der Waals surface area contributed by atoms with Crippen molar-refractivity contribution >= 4 is 56.5 Å². The van der Waals surface area contributed by atoms with Crippen LogP contribution < -0.4 is 10.7 Å². The summed E-state index contributed by atoms with van der Waals surface area (Å²) in [5, 5.41) is 3.68. The molecule has 3 heterocycles. The van der Waals surface area contributed by atoms with Gasteiger partial charge in [-0.1, -0.05) is 11.6 Å². The summed E-state index contributed by atoms with van der Waals surface area (Å²) in [6.07, 6.45) is 0. The third kappa shape index (κ3) is 3.26. The lowest BCUT2D eigenvalue weighted by atomic mass is 10.2. The Morgan fingerprint density at radius 2 is 2.08 bits per heavy atom. The number of thiophene rings is 1. The van der Waals surface area contributed by atoms with Crippen LogP contribution in [0.25, 0.3) is 21.7 Å². The van der Waals surface area contributed by atoms with Crippen LogP contribution in [0.15, 0.2) is 45.6 Å². The maximum atomic E-state index is 12.4. The number of amides is 1. The zero-order valence-corrected chi connectivity index (χ0v) is 15.7. The molecule has 0 spiro atoms. The number of anilines is 1. The molecule has 4 aromatic rings. The number of aromatic nitrogens is 2. The molecule has 9 heteroatoms. The maximum Gasteiger partial charge on any atom is 0.293 e. The van der Waals surface area contributed by atoms with E-state index in [1.807, 2.05) is 19.1 Å². The summed E-state index contributed by atoms with van der Waals surface area (Å²) in [7, 11) is 0. The summed E-state index contributed by atoms with van der Waals surface area (Å²) in [4.78, 5) is 31.0. The molecule has 6 nitrogen and oxygen atoms in total. The zero-order chi connectivity index (χ0) is 18.3. The van der Waals surface area contributed by atoms with Gasteiger partial charge in [0.15, 0.2) is 17.0 Å². The van der Waals surface area contributed by atoms with Crippen LogP contribution in [0.4, 0.5) is 5.13 Å². The van der Waals surface area contributed by atoms with E-state index in [9.17, 15) is 9.59 Å². The second-order valence-electron chi connectivity index (χ2n) is 5.40. The minimum atomic E-state index is -0.566. The van der Waals surface area contributed by atoms with E-state index in [-0.39, 0.29) is 11.2 Å². The van der Waals surface area contributed by atoms with Crippen molar-refractivity contribution in [1.82, 2.24) is 9.36 Å². The normalized spacial score (nSPS) is 11.0. The Balaban J connectivity index is 1.61. The molecule has 0 fully saturated rings. The Hall–Kier alpha value is -2.55. The Morgan fingerprint density at radius 1 is 1.23 bits per heavy atom. The fourth-order valence-corrected chi connectivity index (χ4v) is 3.94. The molecule has 0 saturated carbocycles. The summed E-state index contributed by atoms with van der Waals surface area (Å²) in [6.45, 7) is 2.00. The lowest BCUT2D eigenvalue weighted by Gasteiger charge is -2.02. The van der Waals surface area contributed by atoms with Crippen molar-refractivity contribution in [2.24, 2.45) is 0 Å². The molecule has 1 aromatic carbocycles. The number of hydrogen-bond acceptors (Lipinski definition) is 7. The molecule has 1 N–H and O–H groups in total. The van der Waals surface area contributed by atoms with Gasteiger partial charge in [-0.25, -0.2) is 0 Å². The van der Waals surface area contributed by atoms with Gasteiger partial charge in [-0.05, 0) is 37.3 Å². The van der Waals surface area contributed by atoms with Gasteiger partial charge in [-0.15, -0.1) is 11.3 Å². The number of fused-ring (bicyclic) bond motifs is 1. The molecule has 0 aliphatic carbocycles. The molecule has 26 heavy (non-hydrogen) atoms. The highest BCUT2D eigenvalue weighted by molar-refractivity contribution is 7.15. The van der Waals surface area contributed by atoms with Gasteiger partial charge in [0.25, 0.3) is 5.91 Å². The van der Waals surface area contributed by atoms with Crippen molar-refractivity contribution in [1.29, 1.82) is 0 Å². The van der Waals surface area contributed by atoms with Crippen LogP contribution in [0.3, 0.4) is 0 Å². The Labute approximate surface area is 160 Å². The minimum absolute atomic E-state index is 0.103. The number of hydrogen-bond donors (Lipinski definition) is 1. The van der Waals surface area contributed by atoms with Gasteiger partial charge in [0, 0.05) is 27.5 Å². The summed E-state index contributed by atoms with van der Waals surface area (Å²) >= 11 is 8.52. The molecule has 0 aliphatic heterocycles. The summed E-state index contributed by atoms with van der Waals surface area (Å²) < 4.78 is 9.76. The minimum Gasteiger partial charge on any atom is -0.451 e. The van der Waals surface area contributed by atoms with E-state index in [0.717, 1.165) is 27.4 Å². The first-order chi connectivity index (χ1) is 12.5. The fraction of sp³-hybridized carbons (Fsp3) is 0.0588. The largest absolute Gasteiger partial charge is 0.451 e. The average molecular weight is 404 g/mol. The molecule has 130 valence electrons. The average Bonchev–Trinajstić information content (AvgIpc) is 3.24. The molecule has 0 atom stereocenters. The number of benzene rings is 1. The number of nitrogens with one attached hydrogen (secondary N) is 1. The van der Waals surface area contributed by atoms with Crippen LogP contribution in [0.5, 0.6) is 0 Å². The molecule has 0 saturated heterocycles. The number of carbonyl (C=O) groups is 1. The van der Waals surface area contributed by atoms with Gasteiger partial charge >= 0.3 is 0 Å². The molecule has 0 radical (unpaired) electrons. The first-order valence-electron chi connectivity index (χ1n) is 7.45. The molecular weight excluding hydrogens is 394 g/mol. The highest BCUT2D eigenvalue weighted by atomic mass is 35.5. The van der Waals surface area contributed by atoms with E-state index in [1.54, 1.807) is 23.5 Å². The van der Waals surface area contributed by atoms with Crippen LogP contribution in [-0.2, 0) is 0 Å². The van der Waals surface area contributed by atoms with Crippen LogP contribution in [-0.4, -0.2) is 15.3 Å². The number of rotatable bonds is 3. The fourth-order valence-electron chi connectivity index (χ4n) is 2.33. The highest BCUT2D eigenvalue weighted by Crippen LogP contribution is 2.28. The van der Waals surface area contributed by atoms with Crippen molar-refractivity contribution in [3.63, 3.8) is 0 Å². The maximum absolute atomic E-state index is 12.4. The van der Waals surface area contributed by atoms with Gasteiger partial charge in [-0.3, -0.25) is 14.9 Å². The monoisotopic (exact) mass is 403 g/mol. The lowest BCUT2D eigenvalue weighted by molar-refractivity contribution is 0.0997. The van der Waals surface area contributed by atoms with Gasteiger partial charge in [0.1, 0.15) is 5.58 Å². The van der Waals surface area contributed by atoms with E-state index in [1.165, 1.54) is 6.07 Å². The van der Waals surface area contributed by atoms with Gasteiger partial charge < -0.3 is 4.42 Å². The standard InChI is InChI=1S/C17H10ClN3O3S2/c1-8-2-5-14(25-8)15-19-17(26-21-15)20-16(23)13-7-11(22)10-6-9(18)3-4-12(10)24-13/h2-7H,1H3,(H,19,20,21,23). The van der Waals surface area contributed by atoms with E-state index in [0.29, 0.717) is 26.9 Å². The highest BCUT2D eigenvalue weighted by Gasteiger charge is 2.16. The predicted molar refractivity (Wildman–Crippen MR) is 103 cm³/mol. The van der Waals surface area contributed by atoms with Gasteiger partial charge in [-0.2, -0.15) is 9.36 Å². The van der Waals surface area contributed by atoms with Crippen LogP contribution in [0, 0.1) is 6.92 Å². The molecule has 4 rings (SSSR count). The number of halogens is 1. The van der Waals surface area contributed by atoms with Gasteiger partial charge in [0.05, 0.1) is 10.3 Å². The topological polar surface area (TPSA) is 85.1 Å². The van der Waals surface area contributed by atoms with E-state index < -0.39 is 5.91 Å². The molecule has 1 amide bonds. The smallest absolute Gasteiger partial charge is 0.293 e. The molecule has 0 bridgehead atoms. The van der Waals surface area contributed by atoms with Crippen molar-refractivity contribution < 1.29 is 9.21 Å². The lowest BCUT2D eigenvalue weighted by Crippen LogP contribution is -2.14. The van der Waals surface area contributed by atoms with E-state index in [4.69, 9.17) is 16.0 Å². The predicted octanol–water partition coefficient (Wildman–Crippen LogP) is 4.59. The van der Waals surface area contributed by atoms with Crippen molar-refractivity contribution in [3.05, 3.63) is 62.3 Å². The number of aryl methyl sites for hydroxylation is 1. The van der Waals surface area contributed by atoms with Crippen molar-refractivity contribution in [2.75, 3.05) is 5.32 Å². The Bertz CT molecular complexity index is 1200. The quantitative estimate of drug-likeness (QED) is 0.540. The number of nitrogens with zero attached hydrogens (tertiary/aromatic N) is 2. The van der Waals surface area contributed by atoms with Crippen molar-refractivity contribution in [3.8, 4) is 10.7 Å². The molecule has 0 aliphatic rings. The summed E-state index contributed by atoms with van der Waals surface area (Å²) in [6, 6.07) is 9.70. The third-order valence-corrected chi connectivity index (χ3v) is 5.38. The van der Waals surface area contributed by atoms with E-state index >= 15 is 0 Å². The Kier molecular flexibility index (Phi) is 4.31. The SMILES string of the molecule is Cc1ccc(-c2nsc(NC(=O)c3cc(=O)c4cc(Cl)ccc4o3)n2)s1.